The van der Waals surface area contributed by atoms with Crippen LogP contribution in [-0.2, 0) is 0 Å². The van der Waals surface area contributed by atoms with Gasteiger partial charge < -0.3 is 14.3 Å². The molecule has 2 fully saturated rings. The van der Waals surface area contributed by atoms with Crippen molar-refractivity contribution in [2.75, 3.05) is 38.1 Å². The third kappa shape index (κ3) is 2.20. The van der Waals surface area contributed by atoms with E-state index in [1.165, 1.54) is 6.07 Å². The van der Waals surface area contributed by atoms with Crippen LogP contribution < -0.4 is 15.9 Å². The number of rotatable bonds is 2. The highest BCUT2D eigenvalue weighted by Gasteiger charge is 2.31. The number of pyridine rings is 2. The Balaban J connectivity index is 1.80. The number of anilines is 1. The van der Waals surface area contributed by atoms with Crippen LogP contribution in [0.3, 0.4) is 0 Å². The number of aromatic amines is 1. The number of likely N-dealkylation sites (N-methyl/N-ethyl adjacent to an activating group) is 1. The molecule has 1 saturated carbocycles. The average molecular weight is 359 g/mol. The van der Waals surface area contributed by atoms with Crippen molar-refractivity contribution in [3.63, 3.8) is 0 Å². The van der Waals surface area contributed by atoms with Crippen molar-refractivity contribution in [1.29, 1.82) is 0 Å². The zero-order valence-electron chi connectivity index (χ0n) is 14.3. The first-order valence-corrected chi connectivity index (χ1v) is 8.74. The van der Waals surface area contributed by atoms with Gasteiger partial charge in [-0.05, 0) is 26.0 Å². The number of H-pyrrole nitrogens is 1. The second kappa shape index (κ2) is 5.41. The number of nitrogens with zero attached hydrogens (tertiary/aromatic N) is 4. The molecule has 1 saturated heterocycles. The number of hydrogen-bond donors (Lipinski definition) is 1. The van der Waals surface area contributed by atoms with Crippen LogP contribution in [0.2, 0.25) is 0 Å². The van der Waals surface area contributed by atoms with Crippen LogP contribution in [-0.4, -0.2) is 52.8 Å². The minimum atomic E-state index is -0.593. The molecule has 3 aromatic rings. The van der Waals surface area contributed by atoms with Crippen molar-refractivity contribution < 1.29 is 8.91 Å². The smallest absolute Gasteiger partial charge is 0.293 e. The summed E-state index contributed by atoms with van der Waals surface area (Å²) in [7, 11) is 2.02. The minimum absolute atomic E-state index is 0.0713. The van der Waals surface area contributed by atoms with E-state index in [2.05, 4.69) is 15.0 Å². The molecule has 3 aromatic heterocycles. The van der Waals surface area contributed by atoms with E-state index in [4.69, 9.17) is 4.52 Å². The molecule has 0 bridgehead atoms. The van der Waals surface area contributed by atoms with Gasteiger partial charge in [0.2, 0.25) is 11.1 Å². The Labute approximate surface area is 146 Å². The number of halogens is 1. The summed E-state index contributed by atoms with van der Waals surface area (Å²) in [5.41, 5.74) is -0.565. The number of nitrogens with one attached hydrogen (secondary N) is 1. The highest BCUT2D eigenvalue weighted by atomic mass is 19.1. The van der Waals surface area contributed by atoms with Gasteiger partial charge in [-0.2, -0.15) is 5.16 Å². The van der Waals surface area contributed by atoms with Crippen LogP contribution in [0, 0.1) is 5.82 Å². The predicted octanol–water partition coefficient (Wildman–Crippen LogP) is 1.06. The van der Waals surface area contributed by atoms with Crippen molar-refractivity contribution in [2.24, 2.45) is 0 Å². The number of fused-ring (bicyclic) bond motifs is 2. The maximum absolute atomic E-state index is 14.8. The van der Waals surface area contributed by atoms with Crippen LogP contribution in [0.1, 0.15) is 18.9 Å². The highest BCUT2D eigenvalue weighted by Crippen LogP contribution is 2.39. The Morgan fingerprint density at radius 2 is 1.96 bits per heavy atom. The van der Waals surface area contributed by atoms with Gasteiger partial charge in [0.1, 0.15) is 5.65 Å². The molecule has 8 nitrogen and oxygen atoms in total. The van der Waals surface area contributed by atoms with E-state index in [0.717, 1.165) is 25.9 Å². The molecule has 0 unspecified atom stereocenters. The van der Waals surface area contributed by atoms with Gasteiger partial charge in [-0.25, -0.2) is 9.37 Å². The van der Waals surface area contributed by atoms with Crippen molar-refractivity contribution in [1.82, 2.24) is 19.6 Å². The molecule has 26 heavy (non-hydrogen) atoms. The maximum atomic E-state index is 14.8. The van der Waals surface area contributed by atoms with Gasteiger partial charge in [-0.3, -0.25) is 14.2 Å². The molecule has 0 aromatic carbocycles. The van der Waals surface area contributed by atoms with E-state index in [9.17, 15) is 14.0 Å². The summed E-state index contributed by atoms with van der Waals surface area (Å²) in [5.74, 6) is -0.294. The van der Waals surface area contributed by atoms with E-state index >= 15 is 0 Å². The fourth-order valence-corrected chi connectivity index (χ4v) is 3.63. The van der Waals surface area contributed by atoms with Gasteiger partial charge >= 0.3 is 0 Å². The number of aromatic nitrogens is 3. The Bertz CT molecular complexity index is 1140. The first-order valence-electron chi connectivity index (χ1n) is 8.74. The molecule has 136 valence electrons. The summed E-state index contributed by atoms with van der Waals surface area (Å²) < 4.78 is 21.8. The van der Waals surface area contributed by atoms with E-state index in [1.54, 1.807) is 4.57 Å². The first kappa shape index (κ1) is 15.6. The Morgan fingerprint density at radius 1 is 1.23 bits per heavy atom. The summed E-state index contributed by atoms with van der Waals surface area (Å²) in [6, 6.07) is 1.32. The van der Waals surface area contributed by atoms with E-state index in [1.807, 2.05) is 11.9 Å². The third-order valence-corrected chi connectivity index (χ3v) is 5.25. The summed E-state index contributed by atoms with van der Waals surface area (Å²) in [6.45, 7) is 2.97. The number of hydrogen-bond acceptors (Lipinski definition) is 6. The van der Waals surface area contributed by atoms with Crippen LogP contribution in [0.25, 0.3) is 22.1 Å². The second-order valence-electron chi connectivity index (χ2n) is 7.10. The molecule has 1 N–H and O–H groups in total. The van der Waals surface area contributed by atoms with Gasteiger partial charge in [0.25, 0.3) is 5.56 Å². The molecular formula is C17H18FN5O3. The molecule has 0 radical (unpaired) electrons. The quantitative estimate of drug-likeness (QED) is 0.736. The van der Waals surface area contributed by atoms with Crippen molar-refractivity contribution >= 4 is 28.0 Å². The molecule has 1 aliphatic heterocycles. The van der Waals surface area contributed by atoms with Gasteiger partial charge in [-0.15, -0.1) is 0 Å². The molecule has 0 amide bonds. The summed E-state index contributed by atoms with van der Waals surface area (Å²) in [5, 5.41) is 2.27. The normalized spacial score (nSPS) is 18.9. The lowest BCUT2D eigenvalue weighted by molar-refractivity contribution is 0.311. The molecule has 4 heterocycles. The zero-order valence-corrected chi connectivity index (χ0v) is 14.3. The lowest BCUT2D eigenvalue weighted by atomic mass is 10.2. The van der Waals surface area contributed by atoms with Crippen molar-refractivity contribution in [3.8, 4) is 0 Å². The van der Waals surface area contributed by atoms with Crippen LogP contribution >= 0.6 is 0 Å². The Kier molecular flexibility index (Phi) is 3.24. The molecule has 0 spiro atoms. The van der Waals surface area contributed by atoms with Crippen LogP contribution in [0.15, 0.2) is 20.2 Å². The van der Waals surface area contributed by atoms with Crippen molar-refractivity contribution in [3.05, 3.63) is 32.5 Å². The lowest BCUT2D eigenvalue weighted by Crippen LogP contribution is -2.45. The van der Waals surface area contributed by atoms with Gasteiger partial charge in [0, 0.05) is 32.2 Å². The average Bonchev–Trinajstić information content (AvgIpc) is 3.39. The lowest BCUT2D eigenvalue weighted by Gasteiger charge is -2.33. The molecule has 2 aliphatic rings. The van der Waals surface area contributed by atoms with Gasteiger partial charge in [0.05, 0.1) is 5.39 Å². The van der Waals surface area contributed by atoms with Crippen molar-refractivity contribution in [2.45, 2.75) is 18.9 Å². The van der Waals surface area contributed by atoms with Crippen LogP contribution in [0.4, 0.5) is 10.2 Å². The Morgan fingerprint density at radius 3 is 2.65 bits per heavy atom. The molecule has 1 aliphatic carbocycles. The minimum Gasteiger partial charge on any atom is -0.360 e. The predicted molar refractivity (Wildman–Crippen MR) is 94.3 cm³/mol. The monoisotopic (exact) mass is 359 g/mol. The zero-order chi connectivity index (χ0) is 18.0. The molecule has 5 rings (SSSR count). The van der Waals surface area contributed by atoms with Gasteiger partial charge in [0.15, 0.2) is 17.0 Å². The molecular weight excluding hydrogens is 341 g/mol. The highest BCUT2D eigenvalue weighted by molar-refractivity contribution is 5.90. The first-order chi connectivity index (χ1) is 12.5. The third-order valence-electron chi connectivity index (χ3n) is 5.25. The van der Waals surface area contributed by atoms with E-state index in [-0.39, 0.29) is 28.3 Å². The fraction of sp³-hybridized carbons (Fsp3) is 0.471. The molecule has 9 heteroatoms. The Hall–Kier alpha value is -2.68. The standard InChI is InChI=1S/C17H18FN5O3/c1-21-4-6-22(7-5-21)15-11(18)8-10-13(24)12-16(25)20-26-17(12)23(9-2-3-9)14(10)19-15/h8-9H,2-7H2,1H3,(H,20,25). The number of piperazine rings is 1. The summed E-state index contributed by atoms with van der Waals surface area (Å²) in [4.78, 5) is 33.3. The van der Waals surface area contributed by atoms with E-state index < -0.39 is 16.8 Å². The summed E-state index contributed by atoms with van der Waals surface area (Å²) in [6.07, 6.45) is 1.82. The van der Waals surface area contributed by atoms with Crippen LogP contribution in [0.5, 0.6) is 0 Å². The van der Waals surface area contributed by atoms with Gasteiger partial charge in [-0.1, -0.05) is 0 Å². The fourth-order valence-electron chi connectivity index (χ4n) is 3.63. The summed E-state index contributed by atoms with van der Waals surface area (Å²) >= 11 is 0. The largest absolute Gasteiger partial charge is 0.360 e. The second-order valence-corrected chi connectivity index (χ2v) is 7.10. The van der Waals surface area contributed by atoms with E-state index in [0.29, 0.717) is 18.7 Å². The topological polar surface area (TPSA) is 87.4 Å². The molecule has 0 atom stereocenters. The SMILES string of the molecule is CN1CCN(c2nc3c(cc2F)c(=O)c2c(=O)[nH]oc2n3C2CC2)CC1. The maximum Gasteiger partial charge on any atom is 0.293 e.